The van der Waals surface area contributed by atoms with Gasteiger partial charge < -0.3 is 20.4 Å². The second-order valence-electron chi connectivity index (χ2n) is 7.53. The molecule has 0 aromatic heterocycles. The van der Waals surface area contributed by atoms with Crippen LogP contribution in [0.1, 0.15) is 57.8 Å². The molecule has 1 aliphatic carbocycles. The average molecular weight is 359 g/mol. The van der Waals surface area contributed by atoms with E-state index in [1.54, 1.807) is 0 Å². The van der Waals surface area contributed by atoms with Crippen molar-refractivity contribution in [2.45, 2.75) is 69.9 Å². The lowest BCUT2D eigenvalue weighted by molar-refractivity contribution is 0.149. The molecule has 0 aromatic rings. The van der Waals surface area contributed by atoms with Crippen molar-refractivity contribution in [2.24, 2.45) is 0 Å². The predicted molar refractivity (Wildman–Crippen MR) is 101 cm³/mol. The Bertz CT molecular complexity index is 364. The SMILES string of the molecule is Cl.O=C(NC1CCCCC1)N(CCN1CCCCC1)C1CCNC1. The van der Waals surface area contributed by atoms with Gasteiger partial charge in [0.1, 0.15) is 0 Å². The molecule has 0 bridgehead atoms. The van der Waals surface area contributed by atoms with E-state index in [1.807, 2.05) is 0 Å². The Morgan fingerprint density at radius 3 is 2.42 bits per heavy atom. The number of hydrogen-bond donors (Lipinski definition) is 2. The Labute approximate surface area is 153 Å². The van der Waals surface area contributed by atoms with Crippen LogP contribution in [-0.4, -0.2) is 67.2 Å². The molecular formula is C18H35ClN4O. The predicted octanol–water partition coefficient (Wildman–Crippen LogP) is 2.60. The number of nitrogens with zero attached hydrogens (tertiary/aromatic N) is 2. The van der Waals surface area contributed by atoms with Gasteiger partial charge in [0.25, 0.3) is 0 Å². The largest absolute Gasteiger partial charge is 0.335 e. The zero-order valence-electron chi connectivity index (χ0n) is 15.0. The molecule has 140 valence electrons. The van der Waals surface area contributed by atoms with Crippen LogP contribution >= 0.6 is 12.4 Å². The Morgan fingerprint density at radius 1 is 1.04 bits per heavy atom. The minimum atomic E-state index is 0. The van der Waals surface area contributed by atoms with Gasteiger partial charge >= 0.3 is 6.03 Å². The zero-order chi connectivity index (χ0) is 15.9. The maximum absolute atomic E-state index is 12.8. The Hall–Kier alpha value is -0.520. The lowest BCUT2D eigenvalue weighted by Gasteiger charge is -2.34. The molecule has 2 heterocycles. The van der Waals surface area contributed by atoms with Crippen LogP contribution < -0.4 is 10.6 Å². The van der Waals surface area contributed by atoms with Crippen LogP contribution in [0.5, 0.6) is 0 Å². The summed E-state index contributed by atoms with van der Waals surface area (Å²) in [7, 11) is 0. The molecule has 1 saturated carbocycles. The van der Waals surface area contributed by atoms with Gasteiger partial charge in [-0.1, -0.05) is 25.7 Å². The number of carbonyl (C=O) groups is 1. The van der Waals surface area contributed by atoms with Gasteiger partial charge in [-0.15, -0.1) is 12.4 Å². The monoisotopic (exact) mass is 358 g/mol. The molecule has 2 saturated heterocycles. The summed E-state index contributed by atoms with van der Waals surface area (Å²) in [6.07, 6.45) is 11.3. The standard InChI is InChI=1S/C18H34N4O.ClH/c23-18(20-16-7-3-1-4-8-16)22(17-9-10-19-15-17)14-13-21-11-5-2-6-12-21;/h16-17,19H,1-15H2,(H,20,23);1H. The molecule has 3 fully saturated rings. The van der Waals surface area contributed by atoms with Crippen LogP contribution in [0.15, 0.2) is 0 Å². The second kappa shape index (κ2) is 10.5. The number of carbonyl (C=O) groups excluding carboxylic acids is 1. The number of likely N-dealkylation sites (tertiary alicyclic amines) is 1. The minimum absolute atomic E-state index is 0. The highest BCUT2D eigenvalue weighted by Gasteiger charge is 2.28. The Morgan fingerprint density at radius 2 is 1.75 bits per heavy atom. The highest BCUT2D eigenvalue weighted by molar-refractivity contribution is 5.85. The van der Waals surface area contributed by atoms with Crippen LogP contribution in [-0.2, 0) is 0 Å². The third kappa shape index (κ3) is 5.78. The summed E-state index contributed by atoms with van der Waals surface area (Å²) in [5, 5.41) is 6.74. The van der Waals surface area contributed by atoms with Gasteiger partial charge in [-0.2, -0.15) is 0 Å². The summed E-state index contributed by atoms with van der Waals surface area (Å²) < 4.78 is 0. The first-order valence-corrected chi connectivity index (χ1v) is 9.83. The van der Waals surface area contributed by atoms with E-state index in [2.05, 4.69) is 20.4 Å². The fourth-order valence-corrected chi connectivity index (χ4v) is 4.29. The lowest BCUT2D eigenvalue weighted by atomic mass is 9.96. The van der Waals surface area contributed by atoms with Gasteiger partial charge in [0.05, 0.1) is 0 Å². The molecular weight excluding hydrogens is 324 g/mol. The van der Waals surface area contributed by atoms with Crippen molar-refractivity contribution in [3.05, 3.63) is 0 Å². The molecule has 1 atom stereocenters. The van der Waals surface area contributed by atoms with Crippen molar-refractivity contribution >= 4 is 18.4 Å². The van der Waals surface area contributed by atoms with E-state index in [4.69, 9.17) is 0 Å². The molecule has 3 rings (SSSR count). The Balaban J connectivity index is 0.00000208. The molecule has 24 heavy (non-hydrogen) atoms. The number of rotatable bonds is 5. The van der Waals surface area contributed by atoms with E-state index >= 15 is 0 Å². The van der Waals surface area contributed by atoms with E-state index in [0.717, 1.165) is 45.4 Å². The van der Waals surface area contributed by atoms with Crippen molar-refractivity contribution in [3.8, 4) is 0 Å². The van der Waals surface area contributed by atoms with Gasteiger partial charge in [0.2, 0.25) is 0 Å². The Kier molecular flexibility index (Phi) is 8.63. The van der Waals surface area contributed by atoms with Crippen LogP contribution in [0.3, 0.4) is 0 Å². The van der Waals surface area contributed by atoms with Crippen LogP contribution in [0.2, 0.25) is 0 Å². The normalized spacial score (nSPS) is 25.9. The molecule has 3 aliphatic rings. The summed E-state index contributed by atoms with van der Waals surface area (Å²) in [5.74, 6) is 0. The van der Waals surface area contributed by atoms with Gasteiger partial charge in [0.15, 0.2) is 0 Å². The number of halogens is 1. The third-order valence-corrected chi connectivity index (χ3v) is 5.77. The van der Waals surface area contributed by atoms with Gasteiger partial charge in [0, 0.05) is 31.7 Å². The molecule has 2 amide bonds. The van der Waals surface area contributed by atoms with Gasteiger partial charge in [-0.05, 0) is 51.7 Å². The van der Waals surface area contributed by atoms with Crippen molar-refractivity contribution in [1.29, 1.82) is 0 Å². The van der Waals surface area contributed by atoms with Crippen LogP contribution in [0, 0.1) is 0 Å². The molecule has 0 spiro atoms. The van der Waals surface area contributed by atoms with Crippen molar-refractivity contribution < 1.29 is 4.79 Å². The second-order valence-corrected chi connectivity index (χ2v) is 7.53. The molecule has 0 aromatic carbocycles. The first kappa shape index (κ1) is 19.8. The highest BCUT2D eigenvalue weighted by Crippen LogP contribution is 2.18. The van der Waals surface area contributed by atoms with E-state index in [-0.39, 0.29) is 18.4 Å². The highest BCUT2D eigenvalue weighted by atomic mass is 35.5. The lowest BCUT2D eigenvalue weighted by Crippen LogP contribution is -2.52. The van der Waals surface area contributed by atoms with Crippen LogP contribution in [0.4, 0.5) is 4.79 Å². The number of hydrogen-bond acceptors (Lipinski definition) is 3. The fourth-order valence-electron chi connectivity index (χ4n) is 4.29. The summed E-state index contributed by atoms with van der Waals surface area (Å²) in [6, 6.07) is 0.967. The molecule has 5 nitrogen and oxygen atoms in total. The molecule has 0 radical (unpaired) electrons. The third-order valence-electron chi connectivity index (χ3n) is 5.77. The topological polar surface area (TPSA) is 47.6 Å². The smallest absolute Gasteiger partial charge is 0.317 e. The molecule has 2 aliphatic heterocycles. The molecule has 6 heteroatoms. The first-order valence-electron chi connectivity index (χ1n) is 9.83. The number of amides is 2. The number of nitrogens with one attached hydrogen (secondary N) is 2. The first-order chi connectivity index (χ1) is 11.3. The average Bonchev–Trinajstić information content (AvgIpc) is 3.11. The number of piperidine rings is 1. The molecule has 2 N–H and O–H groups in total. The summed E-state index contributed by atoms with van der Waals surface area (Å²) in [5.41, 5.74) is 0. The van der Waals surface area contributed by atoms with Crippen molar-refractivity contribution in [3.63, 3.8) is 0 Å². The number of urea groups is 1. The maximum Gasteiger partial charge on any atom is 0.317 e. The fraction of sp³-hybridized carbons (Fsp3) is 0.944. The minimum Gasteiger partial charge on any atom is -0.335 e. The zero-order valence-corrected chi connectivity index (χ0v) is 15.8. The summed E-state index contributed by atoms with van der Waals surface area (Å²) in [6.45, 7) is 6.33. The van der Waals surface area contributed by atoms with Crippen LogP contribution in [0.25, 0.3) is 0 Å². The van der Waals surface area contributed by atoms with Gasteiger partial charge in [-0.3, -0.25) is 0 Å². The van der Waals surface area contributed by atoms with E-state index in [0.29, 0.717) is 12.1 Å². The van der Waals surface area contributed by atoms with E-state index < -0.39 is 0 Å². The summed E-state index contributed by atoms with van der Waals surface area (Å²) >= 11 is 0. The van der Waals surface area contributed by atoms with Crippen molar-refractivity contribution in [1.82, 2.24) is 20.4 Å². The maximum atomic E-state index is 12.8. The van der Waals surface area contributed by atoms with E-state index in [9.17, 15) is 4.79 Å². The van der Waals surface area contributed by atoms with Crippen molar-refractivity contribution in [2.75, 3.05) is 39.3 Å². The summed E-state index contributed by atoms with van der Waals surface area (Å²) in [4.78, 5) is 17.5. The van der Waals surface area contributed by atoms with Gasteiger partial charge in [-0.25, -0.2) is 4.79 Å². The quantitative estimate of drug-likeness (QED) is 0.794. The van der Waals surface area contributed by atoms with E-state index in [1.165, 1.54) is 51.6 Å². The molecule has 1 unspecified atom stereocenters.